The highest BCUT2D eigenvalue weighted by Crippen LogP contribution is 2.43. The van der Waals surface area contributed by atoms with Crippen LogP contribution in [0.3, 0.4) is 0 Å². The molecule has 0 aromatic heterocycles. The second-order valence-electron chi connectivity index (χ2n) is 8.74. The van der Waals surface area contributed by atoms with Crippen LogP contribution in [0.1, 0.15) is 41.9 Å². The fourth-order valence-corrected chi connectivity index (χ4v) is 4.44. The molecule has 0 heterocycles. The minimum Gasteiger partial charge on any atom is -0.504 e. The maximum atomic E-state index is 11.3. The fraction of sp³-hybridized carbons (Fsp3) is 0.267. The van der Waals surface area contributed by atoms with Crippen molar-refractivity contribution in [2.75, 3.05) is 20.3 Å². The summed E-state index contributed by atoms with van der Waals surface area (Å²) in [5.41, 5.74) is 3.02. The van der Waals surface area contributed by atoms with Crippen molar-refractivity contribution >= 4 is 10.8 Å². The predicted molar refractivity (Wildman–Crippen MR) is 135 cm³/mol. The van der Waals surface area contributed by atoms with Gasteiger partial charge in [-0.1, -0.05) is 66.7 Å². The van der Waals surface area contributed by atoms with Gasteiger partial charge in [-0.25, -0.2) is 0 Å². The second kappa shape index (κ2) is 10.2. The molecule has 0 spiro atoms. The summed E-state index contributed by atoms with van der Waals surface area (Å²) >= 11 is 0. The number of phenolic OH excluding ortho intramolecular Hbond substituents is 1. The van der Waals surface area contributed by atoms with Crippen LogP contribution in [-0.4, -0.2) is 31.5 Å². The van der Waals surface area contributed by atoms with E-state index in [0.29, 0.717) is 25.1 Å². The van der Waals surface area contributed by atoms with Crippen molar-refractivity contribution in [3.05, 3.63) is 102 Å². The Balaban J connectivity index is 1.51. The molecule has 0 radical (unpaired) electrons. The molecule has 4 aromatic carbocycles. The molecule has 174 valence electrons. The number of fused-ring (bicyclic) bond motifs is 1. The van der Waals surface area contributed by atoms with Crippen molar-refractivity contribution in [2.45, 2.75) is 31.3 Å². The van der Waals surface area contributed by atoms with Crippen LogP contribution in [0.25, 0.3) is 10.8 Å². The molecule has 34 heavy (non-hydrogen) atoms. The zero-order chi connectivity index (χ0) is 23.3. The molecular formula is C30H30O4. The lowest BCUT2D eigenvalue weighted by molar-refractivity contribution is 0.106. The first-order valence-electron chi connectivity index (χ1n) is 11.9. The van der Waals surface area contributed by atoms with Crippen LogP contribution in [0.5, 0.6) is 17.2 Å². The number of rotatable bonds is 10. The SMILES string of the molecule is COc1ccc(C(c2cccc(OCCCOC3CC3)c2O)c2cccc3ccccc23)cc1. The highest BCUT2D eigenvalue weighted by atomic mass is 16.5. The van der Waals surface area contributed by atoms with E-state index < -0.39 is 0 Å². The molecule has 4 heteroatoms. The number of hydrogen-bond acceptors (Lipinski definition) is 4. The molecule has 0 amide bonds. The van der Waals surface area contributed by atoms with Crippen molar-refractivity contribution in [3.8, 4) is 17.2 Å². The maximum Gasteiger partial charge on any atom is 0.161 e. The minimum atomic E-state index is -0.168. The first-order chi connectivity index (χ1) is 16.7. The van der Waals surface area contributed by atoms with Gasteiger partial charge in [0.1, 0.15) is 5.75 Å². The molecule has 4 aromatic rings. The second-order valence-corrected chi connectivity index (χ2v) is 8.74. The lowest BCUT2D eigenvalue weighted by Gasteiger charge is -2.23. The van der Waals surface area contributed by atoms with Crippen LogP contribution in [0.15, 0.2) is 84.9 Å². The monoisotopic (exact) mass is 454 g/mol. The van der Waals surface area contributed by atoms with Gasteiger partial charge in [0.15, 0.2) is 11.5 Å². The van der Waals surface area contributed by atoms with E-state index in [1.807, 2.05) is 36.4 Å². The molecule has 1 fully saturated rings. The summed E-state index contributed by atoms with van der Waals surface area (Å²) in [6.07, 6.45) is 3.59. The Kier molecular flexibility index (Phi) is 6.68. The van der Waals surface area contributed by atoms with E-state index in [2.05, 4.69) is 48.5 Å². The zero-order valence-electron chi connectivity index (χ0n) is 19.4. The van der Waals surface area contributed by atoms with Crippen molar-refractivity contribution in [2.24, 2.45) is 0 Å². The van der Waals surface area contributed by atoms with E-state index in [1.54, 1.807) is 7.11 Å². The molecule has 1 unspecified atom stereocenters. The standard InChI is InChI=1S/C30H30O4/c1-32-23-15-13-22(14-16-23)29(26-10-4-8-21-7-2-3-9-25(21)26)27-11-5-12-28(30(27)31)34-20-6-19-33-24-17-18-24/h2-5,7-16,24,29,31H,6,17-20H2,1H3. The van der Waals surface area contributed by atoms with E-state index in [9.17, 15) is 5.11 Å². The average molecular weight is 455 g/mol. The summed E-state index contributed by atoms with van der Waals surface area (Å²) in [6.45, 7) is 1.20. The third-order valence-corrected chi connectivity index (χ3v) is 6.35. The third-order valence-electron chi connectivity index (χ3n) is 6.35. The van der Waals surface area contributed by atoms with Gasteiger partial charge in [-0.15, -0.1) is 0 Å². The largest absolute Gasteiger partial charge is 0.504 e. The highest BCUT2D eigenvalue weighted by Gasteiger charge is 2.24. The summed E-state index contributed by atoms with van der Waals surface area (Å²) in [5, 5.41) is 13.7. The van der Waals surface area contributed by atoms with Crippen LogP contribution < -0.4 is 9.47 Å². The molecule has 1 atom stereocenters. The van der Waals surface area contributed by atoms with Crippen LogP contribution in [-0.2, 0) is 4.74 Å². The normalized spacial score (nSPS) is 14.1. The van der Waals surface area contributed by atoms with Crippen molar-refractivity contribution in [3.63, 3.8) is 0 Å². The summed E-state index contributed by atoms with van der Waals surface area (Å²) < 4.78 is 17.1. The number of para-hydroxylation sites is 1. The van der Waals surface area contributed by atoms with Crippen LogP contribution in [0, 0.1) is 0 Å². The molecular weight excluding hydrogens is 424 g/mol. The van der Waals surface area contributed by atoms with Gasteiger partial charge in [-0.05, 0) is 52.9 Å². The summed E-state index contributed by atoms with van der Waals surface area (Å²) in [5.74, 6) is 1.32. The molecule has 0 saturated heterocycles. The quantitative estimate of drug-likeness (QED) is 0.214. The number of benzene rings is 4. The fourth-order valence-electron chi connectivity index (χ4n) is 4.44. The van der Waals surface area contributed by atoms with E-state index in [-0.39, 0.29) is 11.7 Å². The third kappa shape index (κ3) is 4.87. The summed E-state index contributed by atoms with van der Waals surface area (Å²) in [4.78, 5) is 0. The zero-order valence-corrected chi connectivity index (χ0v) is 19.4. The molecule has 1 aliphatic carbocycles. The molecule has 4 nitrogen and oxygen atoms in total. The van der Waals surface area contributed by atoms with Gasteiger partial charge in [0.2, 0.25) is 0 Å². The number of hydrogen-bond donors (Lipinski definition) is 1. The number of aromatic hydroxyl groups is 1. The number of ether oxygens (including phenoxy) is 3. The molecule has 1 saturated carbocycles. The molecule has 0 aliphatic heterocycles. The molecule has 1 N–H and O–H groups in total. The van der Waals surface area contributed by atoms with E-state index in [4.69, 9.17) is 14.2 Å². The van der Waals surface area contributed by atoms with Crippen LogP contribution >= 0.6 is 0 Å². The van der Waals surface area contributed by atoms with Crippen molar-refractivity contribution in [1.29, 1.82) is 0 Å². The van der Waals surface area contributed by atoms with Gasteiger partial charge in [0.05, 0.1) is 26.4 Å². The first kappa shape index (κ1) is 22.3. The number of phenols is 1. The Morgan fingerprint density at radius 2 is 1.56 bits per heavy atom. The summed E-state index contributed by atoms with van der Waals surface area (Å²) in [6, 6.07) is 28.5. The van der Waals surface area contributed by atoms with Crippen LogP contribution in [0.2, 0.25) is 0 Å². The van der Waals surface area contributed by atoms with Gasteiger partial charge in [-0.3, -0.25) is 0 Å². The summed E-state index contributed by atoms with van der Waals surface area (Å²) in [7, 11) is 1.67. The van der Waals surface area contributed by atoms with Gasteiger partial charge >= 0.3 is 0 Å². The van der Waals surface area contributed by atoms with Crippen molar-refractivity contribution < 1.29 is 19.3 Å². The first-order valence-corrected chi connectivity index (χ1v) is 11.9. The highest BCUT2D eigenvalue weighted by molar-refractivity contribution is 5.87. The Hall–Kier alpha value is -3.50. The Morgan fingerprint density at radius 1 is 0.824 bits per heavy atom. The Morgan fingerprint density at radius 3 is 2.35 bits per heavy atom. The smallest absolute Gasteiger partial charge is 0.161 e. The lowest BCUT2D eigenvalue weighted by Crippen LogP contribution is -2.07. The molecule has 0 bridgehead atoms. The van der Waals surface area contributed by atoms with Gasteiger partial charge in [0, 0.05) is 17.9 Å². The molecule has 1 aliphatic rings. The Labute approximate surface area is 200 Å². The maximum absolute atomic E-state index is 11.3. The van der Waals surface area contributed by atoms with Crippen LogP contribution in [0.4, 0.5) is 0 Å². The van der Waals surface area contributed by atoms with E-state index in [0.717, 1.165) is 34.2 Å². The topological polar surface area (TPSA) is 47.9 Å². The lowest BCUT2D eigenvalue weighted by atomic mass is 9.82. The Bertz CT molecular complexity index is 1240. The average Bonchev–Trinajstić information content (AvgIpc) is 3.71. The predicted octanol–water partition coefficient (Wildman–Crippen LogP) is 6.68. The van der Waals surface area contributed by atoms with Gasteiger partial charge < -0.3 is 19.3 Å². The van der Waals surface area contributed by atoms with Crippen molar-refractivity contribution in [1.82, 2.24) is 0 Å². The minimum absolute atomic E-state index is 0.168. The van der Waals surface area contributed by atoms with E-state index >= 15 is 0 Å². The van der Waals surface area contributed by atoms with E-state index in [1.165, 1.54) is 18.2 Å². The molecule has 5 rings (SSSR count). The van der Waals surface area contributed by atoms with Gasteiger partial charge in [0.25, 0.3) is 0 Å². The number of methoxy groups -OCH3 is 1. The van der Waals surface area contributed by atoms with Gasteiger partial charge in [-0.2, -0.15) is 0 Å².